The Kier molecular flexibility index (Phi) is 7.55. The molecule has 2 aromatic carbocycles. The van der Waals surface area contributed by atoms with Crippen molar-refractivity contribution in [1.82, 2.24) is 0 Å². The van der Waals surface area contributed by atoms with Crippen LogP contribution in [0.25, 0.3) is 4.90 Å². The van der Waals surface area contributed by atoms with Crippen LogP contribution in [0.4, 0.5) is 0 Å². The fourth-order valence-corrected chi connectivity index (χ4v) is 6.54. The summed E-state index contributed by atoms with van der Waals surface area (Å²) in [6.45, 7) is 14.2. The smallest absolute Gasteiger partial charge is 0.346 e. The largest absolute Gasteiger partial charge is 0.481 e. The van der Waals surface area contributed by atoms with E-state index in [4.69, 9.17) is 15.9 Å². The third-order valence-corrected chi connectivity index (χ3v) is 8.59. The lowest BCUT2D eigenvalue weighted by molar-refractivity contribution is -0.151. The molecule has 0 aliphatic carbocycles. The summed E-state index contributed by atoms with van der Waals surface area (Å²) in [6, 6.07) is 13.7. The van der Waals surface area contributed by atoms with Gasteiger partial charge in [0, 0.05) is 53.1 Å². The number of thiophene rings is 1. The fourth-order valence-electron chi connectivity index (χ4n) is 3.87. The number of rotatable bonds is 5. The van der Waals surface area contributed by atoms with Gasteiger partial charge in [-0.15, -0.1) is 6.42 Å². The molecule has 1 atom stereocenters. The van der Waals surface area contributed by atoms with Crippen LogP contribution in [0.2, 0.25) is 0 Å². The van der Waals surface area contributed by atoms with Crippen LogP contribution in [0.1, 0.15) is 44.5 Å². The number of hydrogen-bond acceptors (Lipinski definition) is 3. The van der Waals surface area contributed by atoms with Crippen LogP contribution in [-0.4, -0.2) is 18.2 Å². The minimum atomic E-state index is -1.34. The van der Waals surface area contributed by atoms with Crippen molar-refractivity contribution < 1.29 is 14.3 Å². The van der Waals surface area contributed by atoms with Crippen LogP contribution in [0.15, 0.2) is 42.5 Å². The van der Waals surface area contributed by atoms with E-state index in [9.17, 15) is 4.79 Å². The van der Waals surface area contributed by atoms with E-state index in [0.717, 1.165) is 16.7 Å². The molecule has 0 amide bonds. The first kappa shape index (κ1) is 25.2. The quantitative estimate of drug-likeness (QED) is 0.238. The molecule has 1 unspecified atom stereocenters. The molecule has 34 heavy (non-hydrogen) atoms. The normalized spacial score (nSPS) is 12.2. The number of carbonyl (C=O) groups excluding carboxylic acids is 1. The van der Waals surface area contributed by atoms with Crippen molar-refractivity contribution in [3.63, 3.8) is 0 Å². The minimum Gasteiger partial charge on any atom is -0.481 e. The summed E-state index contributed by atoms with van der Waals surface area (Å²) < 4.78 is 11.4. The highest BCUT2D eigenvalue weighted by Gasteiger charge is 2.27. The number of esters is 1. The second kappa shape index (κ2) is 10.2. The van der Waals surface area contributed by atoms with Gasteiger partial charge in [0.05, 0.1) is 0 Å². The van der Waals surface area contributed by atoms with Crippen LogP contribution in [-0.2, 0) is 9.53 Å². The van der Waals surface area contributed by atoms with E-state index in [-0.39, 0.29) is 17.1 Å². The van der Waals surface area contributed by atoms with Crippen LogP contribution in [0, 0.1) is 65.7 Å². The Hall–Kier alpha value is -3.47. The average molecular weight is 472 g/mol. The Bertz CT molecular complexity index is 1280. The number of benzene rings is 2. The molecule has 0 aliphatic rings. The van der Waals surface area contributed by atoms with E-state index in [2.05, 4.69) is 57.6 Å². The van der Waals surface area contributed by atoms with Gasteiger partial charge in [-0.1, -0.05) is 24.1 Å². The molecule has 0 spiro atoms. The fraction of sp³-hybridized carbons (Fsp3) is 0.300. The van der Waals surface area contributed by atoms with Crippen LogP contribution in [0.3, 0.4) is 0 Å². The van der Waals surface area contributed by atoms with Crippen molar-refractivity contribution in [2.75, 3.05) is 6.61 Å². The SMILES string of the molecule is C#CC(C)(C#Cc1ccccc1)OC(=O)COc1c(C)cc(-[s+]2c(C)c(C)c(C)c2C)cc1C. The molecule has 0 N–H and O–H groups in total. The van der Waals surface area contributed by atoms with Crippen molar-refractivity contribution >= 4 is 16.4 Å². The molecule has 0 bridgehead atoms. The van der Waals surface area contributed by atoms with E-state index in [0.29, 0.717) is 5.75 Å². The monoisotopic (exact) mass is 471 g/mol. The average Bonchev–Trinajstić information content (AvgIpc) is 3.00. The summed E-state index contributed by atoms with van der Waals surface area (Å²) in [5, 5.41) is 0. The lowest BCUT2D eigenvalue weighted by atomic mass is 10.1. The second-order valence-corrected chi connectivity index (χ2v) is 10.9. The molecular weight excluding hydrogens is 440 g/mol. The van der Waals surface area contributed by atoms with Gasteiger partial charge in [0.2, 0.25) is 5.60 Å². The van der Waals surface area contributed by atoms with Crippen LogP contribution in [0.5, 0.6) is 5.75 Å². The van der Waals surface area contributed by atoms with E-state index in [1.165, 1.54) is 25.8 Å². The summed E-state index contributed by atoms with van der Waals surface area (Å²) >= 11 is 0. The molecule has 0 radical (unpaired) electrons. The predicted molar refractivity (Wildman–Crippen MR) is 141 cm³/mol. The van der Waals surface area contributed by atoms with E-state index >= 15 is 0 Å². The Morgan fingerprint density at radius 3 is 2.06 bits per heavy atom. The van der Waals surface area contributed by atoms with E-state index in [1.54, 1.807) is 6.92 Å². The summed E-state index contributed by atoms with van der Waals surface area (Å²) in [7, 11) is -0.0402. The van der Waals surface area contributed by atoms with E-state index < -0.39 is 11.6 Å². The molecule has 3 aromatic rings. The second-order valence-electron chi connectivity index (χ2n) is 8.61. The third-order valence-electron chi connectivity index (χ3n) is 6.05. The van der Waals surface area contributed by atoms with Gasteiger partial charge in [-0.05, 0) is 69.7 Å². The number of hydrogen-bond donors (Lipinski definition) is 0. The van der Waals surface area contributed by atoms with Gasteiger partial charge >= 0.3 is 5.97 Å². The first-order valence-electron chi connectivity index (χ1n) is 11.2. The molecule has 0 saturated carbocycles. The Morgan fingerprint density at radius 1 is 0.971 bits per heavy atom. The molecule has 0 aliphatic heterocycles. The Morgan fingerprint density at radius 2 is 1.53 bits per heavy atom. The zero-order chi connectivity index (χ0) is 25.0. The summed E-state index contributed by atoms with van der Waals surface area (Å²) in [5.74, 6) is 8.44. The zero-order valence-corrected chi connectivity index (χ0v) is 21.8. The Balaban J connectivity index is 1.74. The molecule has 3 rings (SSSR count). The first-order chi connectivity index (χ1) is 16.1. The zero-order valence-electron chi connectivity index (χ0n) is 21.0. The van der Waals surface area contributed by atoms with Gasteiger partial charge < -0.3 is 9.47 Å². The molecule has 1 aromatic heterocycles. The van der Waals surface area contributed by atoms with Gasteiger partial charge in [0.1, 0.15) is 5.75 Å². The molecular formula is C30H31O3S+. The summed E-state index contributed by atoms with van der Waals surface area (Å²) in [5.41, 5.74) is 4.20. The lowest BCUT2D eigenvalue weighted by Gasteiger charge is -2.18. The predicted octanol–water partition coefficient (Wildman–Crippen LogP) is 6.64. The van der Waals surface area contributed by atoms with Gasteiger partial charge in [-0.25, -0.2) is 4.79 Å². The van der Waals surface area contributed by atoms with Gasteiger partial charge in [0.15, 0.2) is 21.3 Å². The topological polar surface area (TPSA) is 35.5 Å². The summed E-state index contributed by atoms with van der Waals surface area (Å²) in [6.07, 6.45) is 5.62. The highest BCUT2D eigenvalue weighted by atomic mass is 32.2. The number of terminal acetylenes is 1. The van der Waals surface area contributed by atoms with Gasteiger partial charge in [-0.3, -0.25) is 0 Å². The van der Waals surface area contributed by atoms with Crippen molar-refractivity contribution in [1.29, 1.82) is 0 Å². The number of carbonyl (C=O) groups is 1. The molecule has 3 nitrogen and oxygen atoms in total. The Labute approximate surface area is 206 Å². The highest BCUT2D eigenvalue weighted by Crippen LogP contribution is 2.45. The van der Waals surface area contributed by atoms with Gasteiger partial charge in [-0.2, -0.15) is 0 Å². The van der Waals surface area contributed by atoms with Crippen LogP contribution >= 0.6 is 10.5 Å². The lowest BCUT2D eigenvalue weighted by Crippen LogP contribution is -2.31. The molecule has 0 saturated heterocycles. The van der Waals surface area contributed by atoms with Crippen LogP contribution < -0.4 is 4.74 Å². The van der Waals surface area contributed by atoms with Crippen molar-refractivity contribution in [2.24, 2.45) is 0 Å². The minimum absolute atomic E-state index is 0.0402. The first-order valence-corrected chi connectivity index (χ1v) is 12.4. The maximum absolute atomic E-state index is 12.5. The third kappa shape index (κ3) is 5.36. The maximum atomic E-state index is 12.5. The highest BCUT2D eigenvalue weighted by molar-refractivity contribution is 7.40. The van der Waals surface area contributed by atoms with Crippen molar-refractivity contribution in [2.45, 2.75) is 54.1 Å². The molecule has 0 fully saturated rings. The van der Waals surface area contributed by atoms with E-state index in [1.807, 2.05) is 44.2 Å². The molecule has 1 heterocycles. The maximum Gasteiger partial charge on any atom is 0.346 e. The molecule has 174 valence electrons. The molecule has 4 heteroatoms. The van der Waals surface area contributed by atoms with Gasteiger partial charge in [0.25, 0.3) is 0 Å². The number of ether oxygens (including phenoxy) is 2. The van der Waals surface area contributed by atoms with Crippen molar-refractivity contribution in [3.8, 4) is 34.8 Å². The number of aryl methyl sites for hydroxylation is 2. The summed E-state index contributed by atoms with van der Waals surface area (Å²) in [4.78, 5) is 16.6. The standard InChI is InChI=1S/C30H31O3S/c1-9-30(8,16-15-26-13-11-10-12-14-26)33-28(31)19-32-29-20(2)17-27(18-21(29)3)34-24(6)22(4)23(5)25(34)7/h1,10-14,17-18H,19H2,2-8H3/q+1. The van der Waals surface area contributed by atoms with Crippen molar-refractivity contribution in [3.05, 3.63) is 80.0 Å².